The number of hydrogen-bond donors (Lipinski definition) is 1. The SMILES string of the molecule is CC1=NN(C(=O)Cn2nc(C)c([N+](=O)[O-])c2C)[C@](O)(C(F)(F)F)C1. The minimum atomic E-state index is -5.11. The standard InChI is InChI=1S/C12H14F3N5O4/c1-6-4-11(22,12(13,14)15)19(16-6)9(21)5-18-8(3)10(20(23)24)7(2)17-18/h22H,4-5H2,1-3H3/t11-/m1/s1. The second-order valence-corrected chi connectivity index (χ2v) is 5.47. The third-order valence-electron chi connectivity index (χ3n) is 3.62. The van der Waals surface area contributed by atoms with Crippen LogP contribution in [0, 0.1) is 24.0 Å². The number of hydrazone groups is 1. The van der Waals surface area contributed by atoms with Crippen molar-refractivity contribution in [2.24, 2.45) is 5.10 Å². The van der Waals surface area contributed by atoms with E-state index in [4.69, 9.17) is 0 Å². The number of aliphatic hydroxyl groups is 1. The highest BCUT2D eigenvalue weighted by Crippen LogP contribution is 2.40. The molecule has 1 N–H and O–H groups in total. The molecular formula is C12H14F3N5O4. The zero-order valence-corrected chi connectivity index (χ0v) is 13.0. The first-order chi connectivity index (χ1) is 10.9. The Bertz CT molecular complexity index is 742. The zero-order valence-electron chi connectivity index (χ0n) is 13.0. The molecule has 1 aromatic rings. The Morgan fingerprint density at radius 1 is 1.42 bits per heavy atom. The number of amides is 1. The molecule has 24 heavy (non-hydrogen) atoms. The highest BCUT2D eigenvalue weighted by atomic mass is 19.4. The fraction of sp³-hybridized carbons (Fsp3) is 0.583. The first kappa shape index (κ1) is 17.8. The molecule has 0 aromatic carbocycles. The molecule has 0 saturated carbocycles. The molecule has 9 nitrogen and oxygen atoms in total. The first-order valence-electron chi connectivity index (χ1n) is 6.73. The van der Waals surface area contributed by atoms with E-state index in [1.807, 2.05) is 0 Å². The highest BCUT2D eigenvalue weighted by Gasteiger charge is 2.62. The van der Waals surface area contributed by atoms with E-state index in [0.717, 1.165) is 4.68 Å². The Labute approximate surface area is 133 Å². The number of carbonyl (C=O) groups excluding carboxylic acids is 1. The fourth-order valence-corrected chi connectivity index (χ4v) is 2.50. The van der Waals surface area contributed by atoms with Crippen LogP contribution in [0.2, 0.25) is 0 Å². The molecule has 0 radical (unpaired) electrons. The van der Waals surface area contributed by atoms with E-state index < -0.39 is 35.7 Å². The third kappa shape index (κ3) is 2.72. The van der Waals surface area contributed by atoms with Crippen LogP contribution in [-0.4, -0.2) is 48.3 Å². The monoisotopic (exact) mass is 349 g/mol. The van der Waals surface area contributed by atoms with Gasteiger partial charge in [-0.15, -0.1) is 0 Å². The van der Waals surface area contributed by atoms with E-state index in [1.54, 1.807) is 0 Å². The van der Waals surface area contributed by atoms with Gasteiger partial charge in [0.1, 0.15) is 17.9 Å². The summed E-state index contributed by atoms with van der Waals surface area (Å²) in [6.45, 7) is 3.18. The van der Waals surface area contributed by atoms with Gasteiger partial charge < -0.3 is 5.11 Å². The number of aromatic nitrogens is 2. The molecule has 0 unspecified atom stereocenters. The molecule has 1 aliphatic rings. The summed E-state index contributed by atoms with van der Waals surface area (Å²) in [5.74, 6) is -1.19. The molecule has 1 amide bonds. The predicted molar refractivity (Wildman–Crippen MR) is 73.9 cm³/mol. The summed E-state index contributed by atoms with van der Waals surface area (Å²) in [5.41, 5.74) is -3.78. The van der Waals surface area contributed by atoms with Crippen LogP contribution in [0.5, 0.6) is 0 Å². The number of carbonyl (C=O) groups is 1. The maximum Gasteiger partial charge on any atom is 0.438 e. The van der Waals surface area contributed by atoms with Crippen molar-refractivity contribution >= 4 is 17.3 Å². The van der Waals surface area contributed by atoms with Gasteiger partial charge in [-0.2, -0.15) is 28.4 Å². The molecule has 1 atom stereocenters. The van der Waals surface area contributed by atoms with E-state index in [2.05, 4.69) is 10.2 Å². The minimum absolute atomic E-state index is 0.0151. The Kier molecular flexibility index (Phi) is 4.12. The van der Waals surface area contributed by atoms with E-state index in [9.17, 15) is 33.2 Å². The molecule has 0 aliphatic carbocycles. The lowest BCUT2D eigenvalue weighted by Crippen LogP contribution is -2.57. The van der Waals surface area contributed by atoms with Gasteiger partial charge >= 0.3 is 11.9 Å². The van der Waals surface area contributed by atoms with Crippen LogP contribution in [0.3, 0.4) is 0 Å². The predicted octanol–water partition coefficient (Wildman–Crippen LogP) is 1.27. The van der Waals surface area contributed by atoms with Gasteiger partial charge in [-0.05, 0) is 20.8 Å². The van der Waals surface area contributed by atoms with Crippen molar-refractivity contribution in [1.82, 2.24) is 14.8 Å². The Hall–Kier alpha value is -2.50. The minimum Gasteiger partial charge on any atom is -0.362 e. The first-order valence-corrected chi connectivity index (χ1v) is 6.73. The number of nitrogens with zero attached hydrogens (tertiary/aromatic N) is 5. The fourth-order valence-electron chi connectivity index (χ4n) is 2.50. The van der Waals surface area contributed by atoms with Gasteiger partial charge in [-0.1, -0.05) is 0 Å². The molecule has 1 aromatic heterocycles. The molecule has 0 spiro atoms. The summed E-state index contributed by atoms with van der Waals surface area (Å²) in [4.78, 5) is 22.4. The Morgan fingerprint density at radius 2 is 2.00 bits per heavy atom. The summed E-state index contributed by atoms with van der Waals surface area (Å²) in [6, 6.07) is 0. The normalized spacial score (nSPS) is 21.1. The van der Waals surface area contributed by atoms with Gasteiger partial charge in [0, 0.05) is 12.1 Å². The molecule has 132 valence electrons. The van der Waals surface area contributed by atoms with Crippen molar-refractivity contribution in [1.29, 1.82) is 0 Å². The number of rotatable bonds is 3. The van der Waals surface area contributed by atoms with Crippen molar-refractivity contribution in [2.75, 3.05) is 0 Å². The highest BCUT2D eigenvalue weighted by molar-refractivity contribution is 5.89. The van der Waals surface area contributed by atoms with Gasteiger partial charge in [0.25, 0.3) is 11.6 Å². The van der Waals surface area contributed by atoms with Gasteiger partial charge in [-0.3, -0.25) is 19.6 Å². The van der Waals surface area contributed by atoms with Gasteiger partial charge in [-0.25, -0.2) is 0 Å². The van der Waals surface area contributed by atoms with Crippen LogP contribution in [0.4, 0.5) is 18.9 Å². The topological polar surface area (TPSA) is 114 Å². The lowest BCUT2D eigenvalue weighted by Gasteiger charge is -2.32. The Balaban J connectivity index is 2.33. The van der Waals surface area contributed by atoms with Crippen molar-refractivity contribution in [3.05, 3.63) is 21.5 Å². The second kappa shape index (κ2) is 5.54. The molecule has 0 saturated heterocycles. The lowest BCUT2D eigenvalue weighted by atomic mass is 10.1. The smallest absolute Gasteiger partial charge is 0.362 e. The maximum atomic E-state index is 13.1. The van der Waals surface area contributed by atoms with Gasteiger partial charge in [0.15, 0.2) is 0 Å². The van der Waals surface area contributed by atoms with E-state index in [1.165, 1.54) is 20.8 Å². The van der Waals surface area contributed by atoms with Crippen molar-refractivity contribution in [3.8, 4) is 0 Å². The van der Waals surface area contributed by atoms with Crippen LogP contribution in [0.15, 0.2) is 5.10 Å². The number of aryl methyl sites for hydroxylation is 1. The maximum absolute atomic E-state index is 13.1. The van der Waals surface area contributed by atoms with Crippen LogP contribution in [0.1, 0.15) is 24.7 Å². The summed E-state index contributed by atoms with van der Waals surface area (Å²) < 4.78 is 40.2. The van der Waals surface area contributed by atoms with E-state index in [0.29, 0.717) is 0 Å². The molecule has 12 heteroatoms. The second-order valence-electron chi connectivity index (χ2n) is 5.47. The molecular weight excluding hydrogens is 335 g/mol. The molecule has 1 aliphatic heterocycles. The van der Waals surface area contributed by atoms with Gasteiger partial charge in [0.2, 0.25) is 0 Å². The van der Waals surface area contributed by atoms with Crippen molar-refractivity contribution in [3.63, 3.8) is 0 Å². The van der Waals surface area contributed by atoms with E-state index >= 15 is 0 Å². The average Bonchev–Trinajstić information content (AvgIpc) is 2.87. The van der Waals surface area contributed by atoms with E-state index in [-0.39, 0.29) is 27.8 Å². The quantitative estimate of drug-likeness (QED) is 0.652. The molecule has 0 bridgehead atoms. The molecule has 0 fully saturated rings. The number of hydrogen-bond acceptors (Lipinski definition) is 6. The number of alkyl halides is 3. The summed E-state index contributed by atoms with van der Waals surface area (Å²) in [5, 5.41) is 28.0. The Morgan fingerprint density at radius 3 is 2.46 bits per heavy atom. The lowest BCUT2D eigenvalue weighted by molar-refractivity contribution is -0.386. The number of nitro groups is 1. The molecule has 2 heterocycles. The van der Waals surface area contributed by atoms with Gasteiger partial charge in [0.05, 0.1) is 4.92 Å². The molecule has 2 rings (SSSR count). The largest absolute Gasteiger partial charge is 0.438 e. The summed E-state index contributed by atoms with van der Waals surface area (Å²) >= 11 is 0. The number of halogens is 3. The third-order valence-corrected chi connectivity index (χ3v) is 3.62. The van der Waals surface area contributed by atoms with Crippen LogP contribution in [0.25, 0.3) is 0 Å². The zero-order chi connectivity index (χ0) is 18.4. The summed E-state index contributed by atoms with van der Waals surface area (Å²) in [7, 11) is 0. The van der Waals surface area contributed by atoms with Crippen LogP contribution in [-0.2, 0) is 11.3 Å². The summed E-state index contributed by atoms with van der Waals surface area (Å²) in [6.07, 6.45) is -5.97. The average molecular weight is 349 g/mol. The van der Waals surface area contributed by atoms with Crippen molar-refractivity contribution < 1.29 is 28.0 Å². The van der Waals surface area contributed by atoms with Crippen molar-refractivity contribution in [2.45, 2.75) is 45.6 Å². The van der Waals surface area contributed by atoms with Crippen LogP contribution < -0.4 is 0 Å². The van der Waals surface area contributed by atoms with Crippen LogP contribution >= 0.6 is 0 Å².